The van der Waals surface area contributed by atoms with Crippen molar-refractivity contribution in [3.8, 4) is 11.3 Å². The van der Waals surface area contributed by atoms with Crippen LogP contribution < -0.4 is 10.5 Å². The highest BCUT2D eigenvalue weighted by atomic mass is 16.3. The number of benzene rings is 2. The quantitative estimate of drug-likeness (QED) is 0.397. The smallest absolute Gasteiger partial charge is 0.257 e. The molecule has 1 amide bonds. The van der Waals surface area contributed by atoms with Crippen molar-refractivity contribution in [1.82, 2.24) is 14.9 Å². The number of para-hydroxylation sites is 1. The van der Waals surface area contributed by atoms with Gasteiger partial charge in [0.1, 0.15) is 13.2 Å². The molecule has 0 saturated carbocycles. The van der Waals surface area contributed by atoms with Crippen LogP contribution in [0.5, 0.6) is 0 Å². The predicted octanol–water partition coefficient (Wildman–Crippen LogP) is 0.896. The molecule has 7 heteroatoms. The van der Waals surface area contributed by atoms with E-state index in [0.29, 0.717) is 18.7 Å². The van der Waals surface area contributed by atoms with Gasteiger partial charge in [-0.15, -0.1) is 0 Å². The van der Waals surface area contributed by atoms with Crippen LogP contribution in [-0.2, 0) is 11.3 Å². The molecule has 5 rings (SSSR count). The van der Waals surface area contributed by atoms with Crippen LogP contribution in [-0.4, -0.2) is 58.7 Å². The number of piperazine rings is 1. The maximum Gasteiger partial charge on any atom is 0.257 e. The van der Waals surface area contributed by atoms with Gasteiger partial charge in [0.2, 0.25) is 5.91 Å². The Kier molecular flexibility index (Phi) is 5.05. The van der Waals surface area contributed by atoms with Gasteiger partial charge in [0.25, 0.3) is 5.56 Å². The standard InChI is InChI=1S/C24H24N4O3/c29-15-23(30)28-9-7-27(8-10-28)14-16-5-6-21-18(11-16)13-22(25-21)19-12-17-3-1-2-4-20(17)26-24(19)31/h1-6,11-13,25,29H,7-10,14-15H2,(H,26,31)/p+1. The van der Waals surface area contributed by atoms with Crippen molar-refractivity contribution >= 4 is 27.7 Å². The lowest BCUT2D eigenvalue weighted by Crippen LogP contribution is -3.13. The molecule has 0 aliphatic carbocycles. The number of carbonyl (C=O) groups excluding carboxylic acids is 1. The fourth-order valence-corrected chi connectivity index (χ4v) is 4.42. The number of nitrogens with one attached hydrogen (secondary N) is 3. The van der Waals surface area contributed by atoms with Crippen molar-refractivity contribution in [3.05, 3.63) is 70.5 Å². The highest BCUT2D eigenvalue weighted by Crippen LogP contribution is 2.24. The first-order valence-electron chi connectivity index (χ1n) is 10.6. The van der Waals surface area contributed by atoms with E-state index in [0.717, 1.165) is 47.1 Å². The minimum Gasteiger partial charge on any atom is -0.387 e. The summed E-state index contributed by atoms with van der Waals surface area (Å²) in [4.78, 5) is 33.7. The average molecular weight is 417 g/mol. The van der Waals surface area contributed by atoms with E-state index in [1.54, 1.807) is 4.90 Å². The van der Waals surface area contributed by atoms with Crippen LogP contribution in [0.25, 0.3) is 33.1 Å². The third-order valence-corrected chi connectivity index (χ3v) is 6.14. The second-order valence-electron chi connectivity index (χ2n) is 8.17. The number of quaternary nitrogens is 1. The second kappa shape index (κ2) is 8.02. The molecule has 2 aromatic carbocycles. The van der Waals surface area contributed by atoms with Crippen LogP contribution in [0, 0.1) is 0 Å². The molecule has 0 bridgehead atoms. The van der Waals surface area contributed by atoms with E-state index >= 15 is 0 Å². The molecule has 1 fully saturated rings. The summed E-state index contributed by atoms with van der Waals surface area (Å²) in [5, 5.41) is 11.1. The first kappa shape index (κ1) is 19.5. The number of aliphatic hydroxyl groups is 1. The molecule has 0 unspecified atom stereocenters. The van der Waals surface area contributed by atoms with E-state index in [2.05, 4.69) is 28.2 Å². The number of rotatable bonds is 4. The molecule has 3 heterocycles. The fraction of sp³-hybridized carbons (Fsp3) is 0.250. The Labute approximate surface area is 178 Å². The third-order valence-electron chi connectivity index (χ3n) is 6.14. The first-order chi connectivity index (χ1) is 15.1. The number of hydrogen-bond donors (Lipinski definition) is 4. The van der Waals surface area contributed by atoms with Crippen molar-refractivity contribution in [1.29, 1.82) is 0 Å². The summed E-state index contributed by atoms with van der Waals surface area (Å²) < 4.78 is 0. The van der Waals surface area contributed by atoms with Crippen LogP contribution in [0.3, 0.4) is 0 Å². The maximum atomic E-state index is 12.6. The molecule has 4 N–H and O–H groups in total. The van der Waals surface area contributed by atoms with Crippen molar-refractivity contribution in [2.24, 2.45) is 0 Å². The Morgan fingerprint density at radius 1 is 0.968 bits per heavy atom. The van der Waals surface area contributed by atoms with E-state index < -0.39 is 6.61 Å². The molecule has 7 nitrogen and oxygen atoms in total. The predicted molar refractivity (Wildman–Crippen MR) is 120 cm³/mol. The molecule has 2 aromatic heterocycles. The number of amides is 1. The van der Waals surface area contributed by atoms with Crippen LogP contribution in [0.1, 0.15) is 5.56 Å². The van der Waals surface area contributed by atoms with Gasteiger partial charge in [-0.25, -0.2) is 0 Å². The summed E-state index contributed by atoms with van der Waals surface area (Å²) in [6.07, 6.45) is 0. The van der Waals surface area contributed by atoms with Crippen molar-refractivity contribution in [3.63, 3.8) is 0 Å². The summed E-state index contributed by atoms with van der Waals surface area (Å²) >= 11 is 0. The SMILES string of the molecule is O=C(CO)N1CC[NH+](Cc2ccc3[nH]c(-c4cc5ccccc5[nH]c4=O)cc3c2)CC1. The number of carbonyl (C=O) groups is 1. The number of aromatic nitrogens is 2. The molecule has 1 saturated heterocycles. The number of fused-ring (bicyclic) bond motifs is 2. The number of aliphatic hydroxyl groups excluding tert-OH is 1. The number of H-pyrrole nitrogens is 2. The van der Waals surface area contributed by atoms with Gasteiger partial charge in [0.05, 0.1) is 37.4 Å². The minimum absolute atomic E-state index is 0.106. The molecule has 0 radical (unpaired) electrons. The monoisotopic (exact) mass is 417 g/mol. The van der Waals surface area contributed by atoms with Crippen LogP contribution in [0.15, 0.2) is 59.4 Å². The summed E-state index contributed by atoms with van der Waals surface area (Å²) in [6, 6.07) is 18.1. The number of nitrogens with zero attached hydrogens (tertiary/aromatic N) is 1. The molecule has 0 spiro atoms. The summed E-state index contributed by atoms with van der Waals surface area (Å²) in [5.74, 6) is -0.191. The van der Waals surface area contributed by atoms with Crippen molar-refractivity contribution in [2.45, 2.75) is 6.54 Å². The first-order valence-corrected chi connectivity index (χ1v) is 10.6. The van der Waals surface area contributed by atoms with E-state index in [1.165, 1.54) is 10.5 Å². The molecular weight excluding hydrogens is 392 g/mol. The Morgan fingerprint density at radius 2 is 1.74 bits per heavy atom. The zero-order chi connectivity index (χ0) is 21.4. The molecule has 158 valence electrons. The lowest BCUT2D eigenvalue weighted by Gasteiger charge is -2.31. The molecule has 0 atom stereocenters. The Morgan fingerprint density at radius 3 is 2.55 bits per heavy atom. The molecule has 1 aliphatic rings. The van der Waals surface area contributed by atoms with Gasteiger partial charge in [0.15, 0.2) is 0 Å². The van der Waals surface area contributed by atoms with Gasteiger partial charge in [-0.05, 0) is 35.7 Å². The normalized spacial score (nSPS) is 15.1. The molecule has 1 aliphatic heterocycles. The number of pyridine rings is 1. The van der Waals surface area contributed by atoms with Crippen LogP contribution in [0.2, 0.25) is 0 Å². The lowest BCUT2D eigenvalue weighted by molar-refractivity contribution is -0.917. The van der Waals surface area contributed by atoms with Gasteiger partial charge in [0, 0.05) is 22.0 Å². The Hall–Kier alpha value is -3.42. The van der Waals surface area contributed by atoms with Gasteiger partial charge >= 0.3 is 0 Å². The zero-order valence-electron chi connectivity index (χ0n) is 17.1. The summed E-state index contributed by atoms with van der Waals surface area (Å²) in [6.45, 7) is 3.56. The van der Waals surface area contributed by atoms with Gasteiger partial charge in [-0.2, -0.15) is 0 Å². The van der Waals surface area contributed by atoms with Crippen molar-refractivity contribution < 1.29 is 14.8 Å². The van der Waals surface area contributed by atoms with E-state index in [1.807, 2.05) is 36.4 Å². The molecule has 4 aromatic rings. The zero-order valence-corrected chi connectivity index (χ0v) is 17.1. The topological polar surface area (TPSA) is 93.6 Å². The Bertz CT molecular complexity index is 1320. The van der Waals surface area contributed by atoms with E-state index in [-0.39, 0.29) is 11.5 Å². The van der Waals surface area contributed by atoms with Crippen LogP contribution >= 0.6 is 0 Å². The average Bonchev–Trinajstić information content (AvgIpc) is 3.21. The third kappa shape index (κ3) is 3.85. The highest BCUT2D eigenvalue weighted by molar-refractivity contribution is 5.89. The maximum absolute atomic E-state index is 12.6. The second-order valence-corrected chi connectivity index (χ2v) is 8.17. The summed E-state index contributed by atoms with van der Waals surface area (Å²) in [7, 11) is 0. The molecule has 31 heavy (non-hydrogen) atoms. The Balaban J connectivity index is 1.37. The number of aromatic amines is 2. The van der Waals surface area contributed by atoms with Gasteiger partial charge in [-0.1, -0.05) is 24.3 Å². The van der Waals surface area contributed by atoms with Crippen molar-refractivity contribution in [2.75, 3.05) is 32.8 Å². The molecular formula is C24H25N4O3+. The summed E-state index contributed by atoms with van der Waals surface area (Å²) in [5.41, 5.74) is 4.39. The van der Waals surface area contributed by atoms with E-state index in [9.17, 15) is 9.59 Å². The van der Waals surface area contributed by atoms with Gasteiger partial charge < -0.3 is 24.9 Å². The number of hydrogen-bond acceptors (Lipinski definition) is 3. The lowest BCUT2D eigenvalue weighted by atomic mass is 10.1. The largest absolute Gasteiger partial charge is 0.387 e. The van der Waals surface area contributed by atoms with E-state index in [4.69, 9.17) is 5.11 Å². The minimum atomic E-state index is -0.415. The van der Waals surface area contributed by atoms with Crippen LogP contribution in [0.4, 0.5) is 0 Å². The van der Waals surface area contributed by atoms with Gasteiger partial charge in [-0.3, -0.25) is 9.59 Å². The highest BCUT2D eigenvalue weighted by Gasteiger charge is 2.23. The fourth-order valence-electron chi connectivity index (χ4n) is 4.42.